The van der Waals surface area contributed by atoms with Crippen LogP contribution in [0.5, 0.6) is 0 Å². The normalized spacial score (nSPS) is 20.8. The molecule has 2 heteroatoms. The fourth-order valence-corrected chi connectivity index (χ4v) is 3.59. The summed E-state index contributed by atoms with van der Waals surface area (Å²) in [6.45, 7) is 6.23. The van der Waals surface area contributed by atoms with E-state index in [0.717, 1.165) is 47.9 Å². The summed E-state index contributed by atoms with van der Waals surface area (Å²) in [4.78, 5) is 12.2. The molecule has 1 fully saturated rings. The average molecular weight is 256 g/mol. The molecule has 2 aliphatic rings. The fraction of sp³-hybridized carbons (Fsp3) is 0.471. The van der Waals surface area contributed by atoms with E-state index in [1.807, 2.05) is 0 Å². The minimum atomic E-state index is -0.295. The van der Waals surface area contributed by atoms with Crippen LogP contribution >= 0.6 is 0 Å². The van der Waals surface area contributed by atoms with Crippen LogP contribution < -0.4 is 0 Å². The number of benzene rings is 1. The second kappa shape index (κ2) is 4.22. The van der Waals surface area contributed by atoms with Crippen LogP contribution in [0.25, 0.3) is 5.57 Å². The summed E-state index contributed by atoms with van der Waals surface area (Å²) in [5, 5.41) is 0. The molecule has 100 valence electrons. The van der Waals surface area contributed by atoms with Crippen molar-refractivity contribution in [3.63, 3.8) is 0 Å². The SMILES string of the molecule is Cc1cc(C)c(C2=CC3(CCCC3)OC2=O)c(C)c1. The summed E-state index contributed by atoms with van der Waals surface area (Å²) >= 11 is 0. The minimum Gasteiger partial charge on any atom is -0.451 e. The molecular weight excluding hydrogens is 236 g/mol. The van der Waals surface area contributed by atoms with Gasteiger partial charge in [0.2, 0.25) is 0 Å². The van der Waals surface area contributed by atoms with E-state index >= 15 is 0 Å². The Morgan fingerprint density at radius 1 is 1.05 bits per heavy atom. The van der Waals surface area contributed by atoms with Crippen LogP contribution in [0.4, 0.5) is 0 Å². The molecular formula is C17H20O2. The molecule has 0 atom stereocenters. The van der Waals surface area contributed by atoms with E-state index in [1.54, 1.807) is 0 Å². The van der Waals surface area contributed by atoms with Crippen molar-refractivity contribution in [2.24, 2.45) is 0 Å². The third-order valence-corrected chi connectivity index (χ3v) is 4.32. The molecule has 0 N–H and O–H groups in total. The zero-order chi connectivity index (χ0) is 13.6. The number of ether oxygens (including phenoxy) is 1. The number of hydrogen-bond acceptors (Lipinski definition) is 2. The smallest absolute Gasteiger partial charge is 0.339 e. The second-order valence-electron chi connectivity index (χ2n) is 5.99. The van der Waals surface area contributed by atoms with Gasteiger partial charge in [-0.2, -0.15) is 0 Å². The van der Waals surface area contributed by atoms with Gasteiger partial charge in [0, 0.05) is 0 Å². The topological polar surface area (TPSA) is 26.3 Å². The summed E-state index contributed by atoms with van der Waals surface area (Å²) in [5.74, 6) is -0.142. The van der Waals surface area contributed by atoms with Crippen molar-refractivity contribution >= 4 is 11.5 Å². The van der Waals surface area contributed by atoms with Gasteiger partial charge in [-0.15, -0.1) is 0 Å². The highest BCUT2D eigenvalue weighted by Crippen LogP contribution is 2.43. The van der Waals surface area contributed by atoms with Gasteiger partial charge in [-0.05, 0) is 69.2 Å². The van der Waals surface area contributed by atoms with E-state index in [9.17, 15) is 4.79 Å². The maximum atomic E-state index is 12.2. The molecule has 1 aromatic rings. The van der Waals surface area contributed by atoms with Crippen LogP contribution in [0, 0.1) is 20.8 Å². The van der Waals surface area contributed by atoms with Crippen LogP contribution in [0.15, 0.2) is 18.2 Å². The Labute approximate surface area is 114 Å². The standard InChI is InChI=1S/C17H20O2/c1-11-8-12(2)15(13(3)9-11)14-10-17(19-16(14)18)6-4-5-7-17/h8-10H,4-7H2,1-3H3. The summed E-state index contributed by atoms with van der Waals surface area (Å²) in [6.07, 6.45) is 6.36. The Hall–Kier alpha value is -1.57. The molecule has 19 heavy (non-hydrogen) atoms. The predicted octanol–water partition coefficient (Wildman–Crippen LogP) is 3.86. The summed E-state index contributed by atoms with van der Waals surface area (Å²) in [5.41, 5.74) is 5.11. The highest BCUT2D eigenvalue weighted by atomic mass is 16.6. The van der Waals surface area contributed by atoms with Gasteiger partial charge in [0.15, 0.2) is 0 Å². The van der Waals surface area contributed by atoms with Crippen molar-refractivity contribution in [2.75, 3.05) is 0 Å². The molecule has 1 aliphatic carbocycles. The Balaban J connectivity index is 2.09. The lowest BCUT2D eigenvalue weighted by molar-refractivity contribution is -0.144. The van der Waals surface area contributed by atoms with Crippen LogP contribution in [0.2, 0.25) is 0 Å². The minimum absolute atomic E-state index is 0.142. The van der Waals surface area contributed by atoms with Crippen molar-refractivity contribution < 1.29 is 9.53 Å². The molecule has 1 spiro atoms. The predicted molar refractivity (Wildman–Crippen MR) is 75.9 cm³/mol. The van der Waals surface area contributed by atoms with Gasteiger partial charge in [0.1, 0.15) is 5.60 Å². The third-order valence-electron chi connectivity index (χ3n) is 4.32. The van der Waals surface area contributed by atoms with Crippen LogP contribution in [-0.2, 0) is 9.53 Å². The van der Waals surface area contributed by atoms with Gasteiger partial charge in [0.05, 0.1) is 5.57 Å². The first kappa shape index (κ1) is 12.5. The maximum absolute atomic E-state index is 12.2. The zero-order valence-electron chi connectivity index (χ0n) is 11.9. The van der Waals surface area contributed by atoms with Gasteiger partial charge in [-0.1, -0.05) is 17.7 Å². The highest BCUT2D eigenvalue weighted by molar-refractivity contribution is 6.19. The molecule has 0 unspecified atom stereocenters. The van der Waals surface area contributed by atoms with Crippen molar-refractivity contribution in [1.29, 1.82) is 0 Å². The number of carbonyl (C=O) groups excluding carboxylic acids is 1. The van der Waals surface area contributed by atoms with Gasteiger partial charge in [-0.3, -0.25) is 0 Å². The van der Waals surface area contributed by atoms with Gasteiger partial charge >= 0.3 is 5.97 Å². The Kier molecular flexibility index (Phi) is 2.77. The lowest BCUT2D eigenvalue weighted by Crippen LogP contribution is -2.23. The number of aryl methyl sites for hydroxylation is 3. The summed E-state index contributed by atoms with van der Waals surface area (Å²) < 4.78 is 5.69. The number of carbonyl (C=O) groups is 1. The first-order valence-corrected chi connectivity index (χ1v) is 7.05. The molecule has 0 saturated heterocycles. The van der Waals surface area contributed by atoms with E-state index in [2.05, 4.69) is 39.0 Å². The van der Waals surface area contributed by atoms with E-state index in [1.165, 1.54) is 5.56 Å². The van der Waals surface area contributed by atoms with Crippen molar-refractivity contribution in [1.82, 2.24) is 0 Å². The molecule has 1 aliphatic heterocycles. The second-order valence-corrected chi connectivity index (χ2v) is 5.99. The zero-order valence-corrected chi connectivity index (χ0v) is 11.9. The summed E-state index contributed by atoms with van der Waals surface area (Å²) in [6, 6.07) is 4.27. The highest BCUT2D eigenvalue weighted by Gasteiger charge is 2.43. The molecule has 0 bridgehead atoms. The largest absolute Gasteiger partial charge is 0.451 e. The van der Waals surface area contributed by atoms with Crippen molar-refractivity contribution in [3.8, 4) is 0 Å². The molecule has 1 aromatic carbocycles. The molecule has 0 radical (unpaired) electrons. The fourth-order valence-electron chi connectivity index (χ4n) is 3.59. The Morgan fingerprint density at radius 2 is 1.63 bits per heavy atom. The molecule has 2 nitrogen and oxygen atoms in total. The molecule has 1 heterocycles. The van der Waals surface area contributed by atoms with Crippen LogP contribution in [0.3, 0.4) is 0 Å². The lowest BCUT2D eigenvalue weighted by Gasteiger charge is -2.18. The van der Waals surface area contributed by atoms with Crippen LogP contribution in [-0.4, -0.2) is 11.6 Å². The molecule has 0 aromatic heterocycles. The molecule has 3 rings (SSSR count). The average Bonchev–Trinajstić information content (AvgIpc) is 2.86. The molecule has 0 amide bonds. The number of hydrogen-bond donors (Lipinski definition) is 0. The summed E-state index contributed by atoms with van der Waals surface area (Å²) in [7, 11) is 0. The maximum Gasteiger partial charge on any atom is 0.339 e. The van der Waals surface area contributed by atoms with E-state index in [0.29, 0.717) is 0 Å². The first-order chi connectivity index (χ1) is 9.01. The number of esters is 1. The Bertz CT molecular complexity index is 552. The Morgan fingerprint density at radius 3 is 2.21 bits per heavy atom. The number of rotatable bonds is 1. The monoisotopic (exact) mass is 256 g/mol. The van der Waals surface area contributed by atoms with Crippen molar-refractivity contribution in [2.45, 2.75) is 52.1 Å². The van der Waals surface area contributed by atoms with Gasteiger partial charge < -0.3 is 4.74 Å². The van der Waals surface area contributed by atoms with Gasteiger partial charge in [-0.25, -0.2) is 4.79 Å². The van der Waals surface area contributed by atoms with Crippen LogP contribution in [0.1, 0.15) is 47.9 Å². The van der Waals surface area contributed by atoms with Gasteiger partial charge in [0.25, 0.3) is 0 Å². The van der Waals surface area contributed by atoms with E-state index in [-0.39, 0.29) is 11.6 Å². The molecule has 1 saturated carbocycles. The third kappa shape index (κ3) is 1.99. The first-order valence-electron chi connectivity index (χ1n) is 7.05. The quantitative estimate of drug-likeness (QED) is 0.713. The lowest BCUT2D eigenvalue weighted by atomic mass is 9.91. The van der Waals surface area contributed by atoms with E-state index < -0.39 is 0 Å². The van der Waals surface area contributed by atoms with E-state index in [4.69, 9.17) is 4.74 Å². The van der Waals surface area contributed by atoms with Crippen molar-refractivity contribution in [3.05, 3.63) is 40.5 Å².